The molecule has 0 radical (unpaired) electrons. The normalized spacial score (nSPS) is 10.9. The van der Waals surface area contributed by atoms with Crippen LogP contribution in [-0.4, -0.2) is 32.3 Å². The molecule has 0 amide bonds. The molecule has 0 spiro atoms. The smallest absolute Gasteiger partial charge is 0.183 e. The lowest BCUT2D eigenvalue weighted by Gasteiger charge is -2.05. The van der Waals surface area contributed by atoms with Crippen molar-refractivity contribution in [1.29, 1.82) is 0 Å². The molecule has 0 bridgehead atoms. The van der Waals surface area contributed by atoms with Crippen LogP contribution in [0, 0.1) is 5.82 Å². The lowest BCUT2D eigenvalue weighted by Crippen LogP contribution is -2.01. The highest BCUT2D eigenvalue weighted by atomic mass is 32.2. The van der Waals surface area contributed by atoms with Crippen LogP contribution >= 0.6 is 11.8 Å². The summed E-state index contributed by atoms with van der Waals surface area (Å²) >= 11 is 1.44. The molecule has 8 heteroatoms. The monoisotopic (exact) mass is 305 g/mol. The van der Waals surface area contributed by atoms with Crippen molar-refractivity contribution in [2.45, 2.75) is 5.16 Å². The number of para-hydroxylation sites is 1. The summed E-state index contributed by atoms with van der Waals surface area (Å²) in [5, 5.41) is 0.675. The van der Waals surface area contributed by atoms with Gasteiger partial charge in [0.25, 0.3) is 0 Å². The number of anilines is 1. The number of aromatic amines is 1. The van der Waals surface area contributed by atoms with Crippen LogP contribution in [-0.2, 0) is 0 Å². The van der Waals surface area contributed by atoms with Crippen LogP contribution in [0.3, 0.4) is 0 Å². The zero-order valence-corrected chi connectivity index (χ0v) is 11.7. The Labute approximate surface area is 124 Å². The maximum atomic E-state index is 13.3. The largest absolute Gasteiger partial charge is 0.490 e. The first-order chi connectivity index (χ1) is 10.2. The number of nitrogens with zero attached hydrogens (tertiary/aromatic N) is 3. The van der Waals surface area contributed by atoms with Gasteiger partial charge in [-0.25, -0.2) is 19.3 Å². The minimum absolute atomic E-state index is 0.248. The fourth-order valence-electron chi connectivity index (χ4n) is 1.75. The van der Waals surface area contributed by atoms with Crippen molar-refractivity contribution >= 4 is 28.7 Å². The number of fused-ring (bicyclic) bond motifs is 1. The lowest BCUT2D eigenvalue weighted by molar-refractivity contribution is 0.325. The van der Waals surface area contributed by atoms with Crippen molar-refractivity contribution in [2.24, 2.45) is 0 Å². The number of hydrogen-bond donors (Lipinski definition) is 2. The molecule has 6 nitrogen and oxygen atoms in total. The van der Waals surface area contributed by atoms with Crippen molar-refractivity contribution in [1.82, 2.24) is 19.9 Å². The van der Waals surface area contributed by atoms with Crippen LogP contribution in [0.25, 0.3) is 11.2 Å². The van der Waals surface area contributed by atoms with E-state index in [9.17, 15) is 4.39 Å². The molecule has 3 rings (SSSR count). The lowest BCUT2D eigenvalue weighted by atomic mass is 10.3. The molecule has 21 heavy (non-hydrogen) atoms. The summed E-state index contributed by atoms with van der Waals surface area (Å²) in [6.45, 7) is 0.365. The third-order valence-electron chi connectivity index (χ3n) is 2.71. The van der Waals surface area contributed by atoms with Gasteiger partial charge in [0.2, 0.25) is 0 Å². The second kappa shape index (κ2) is 5.96. The quantitative estimate of drug-likeness (QED) is 0.555. The van der Waals surface area contributed by atoms with Crippen molar-refractivity contribution < 1.29 is 9.13 Å². The molecule has 108 valence electrons. The summed E-state index contributed by atoms with van der Waals surface area (Å²) in [6.07, 6.45) is 1.37. The molecule has 0 saturated carbocycles. The summed E-state index contributed by atoms with van der Waals surface area (Å²) in [5.74, 6) is 0.857. The number of nitrogen functional groups attached to an aromatic ring is 1. The van der Waals surface area contributed by atoms with Gasteiger partial charge in [-0.1, -0.05) is 23.9 Å². The fraction of sp³-hybridized carbons (Fsp3) is 0.154. The van der Waals surface area contributed by atoms with Crippen LogP contribution in [0.1, 0.15) is 0 Å². The number of ether oxygens (including phenoxy) is 1. The maximum absolute atomic E-state index is 13.3. The molecule has 3 N–H and O–H groups in total. The highest BCUT2D eigenvalue weighted by Gasteiger charge is 2.08. The zero-order valence-electron chi connectivity index (χ0n) is 10.9. The molecule has 2 heterocycles. The van der Waals surface area contributed by atoms with Crippen molar-refractivity contribution in [3.05, 3.63) is 36.4 Å². The molecular formula is C13H12FN5OS. The number of rotatable bonds is 5. The van der Waals surface area contributed by atoms with Crippen LogP contribution < -0.4 is 10.5 Å². The minimum Gasteiger partial charge on any atom is -0.490 e. The van der Waals surface area contributed by atoms with Crippen molar-refractivity contribution in [2.75, 3.05) is 18.1 Å². The summed E-state index contributed by atoms with van der Waals surface area (Å²) in [4.78, 5) is 15.2. The van der Waals surface area contributed by atoms with E-state index in [4.69, 9.17) is 10.5 Å². The van der Waals surface area contributed by atoms with Gasteiger partial charge in [-0.2, -0.15) is 0 Å². The van der Waals surface area contributed by atoms with Gasteiger partial charge in [-0.15, -0.1) is 0 Å². The van der Waals surface area contributed by atoms with Crippen molar-refractivity contribution in [3.8, 4) is 5.75 Å². The van der Waals surface area contributed by atoms with E-state index >= 15 is 0 Å². The number of benzene rings is 1. The Morgan fingerprint density at radius 2 is 2.14 bits per heavy atom. The van der Waals surface area contributed by atoms with E-state index in [0.717, 1.165) is 0 Å². The Hall–Kier alpha value is -2.35. The summed E-state index contributed by atoms with van der Waals surface area (Å²) in [6, 6.07) is 6.31. The second-order valence-electron chi connectivity index (χ2n) is 4.13. The van der Waals surface area contributed by atoms with Gasteiger partial charge in [0.15, 0.2) is 28.2 Å². The first kappa shape index (κ1) is 13.6. The predicted octanol–water partition coefficient (Wildman–Crippen LogP) is 2.25. The van der Waals surface area contributed by atoms with Gasteiger partial charge in [-0.05, 0) is 12.1 Å². The molecule has 0 aliphatic carbocycles. The highest BCUT2D eigenvalue weighted by molar-refractivity contribution is 7.99. The van der Waals surface area contributed by atoms with Gasteiger partial charge < -0.3 is 15.5 Å². The minimum atomic E-state index is -0.366. The molecule has 0 atom stereocenters. The van der Waals surface area contributed by atoms with E-state index in [1.54, 1.807) is 18.2 Å². The topological polar surface area (TPSA) is 89.7 Å². The Morgan fingerprint density at radius 1 is 1.29 bits per heavy atom. The molecule has 0 aliphatic rings. The molecule has 0 fully saturated rings. The van der Waals surface area contributed by atoms with Gasteiger partial charge in [0.1, 0.15) is 11.8 Å². The zero-order chi connectivity index (χ0) is 14.7. The summed E-state index contributed by atoms with van der Waals surface area (Å²) in [7, 11) is 0. The average molecular weight is 305 g/mol. The summed E-state index contributed by atoms with van der Waals surface area (Å²) in [5.41, 5.74) is 6.87. The maximum Gasteiger partial charge on any atom is 0.183 e. The van der Waals surface area contributed by atoms with Gasteiger partial charge in [0, 0.05) is 5.75 Å². The van der Waals surface area contributed by atoms with Crippen LogP contribution in [0.4, 0.5) is 10.2 Å². The number of imidazole rings is 1. The molecule has 0 aliphatic heterocycles. The number of hydrogen-bond acceptors (Lipinski definition) is 6. The second-order valence-corrected chi connectivity index (χ2v) is 5.21. The number of nitrogens with one attached hydrogen (secondary N) is 1. The standard InChI is InChI=1S/C13H12FN5OS/c14-8-3-1-2-4-9(8)20-5-6-21-13-18-10-11(15)16-7-17-12(10)19-13/h1-4,7H,5-6H2,(H3,15,16,17,18,19). The van der Waals surface area contributed by atoms with E-state index < -0.39 is 0 Å². The number of halogens is 1. The highest BCUT2D eigenvalue weighted by Crippen LogP contribution is 2.21. The first-order valence-corrected chi connectivity index (χ1v) is 7.19. The van der Waals surface area contributed by atoms with Gasteiger partial charge in [0.05, 0.1) is 6.61 Å². The fourth-order valence-corrected chi connectivity index (χ4v) is 2.43. The van der Waals surface area contributed by atoms with E-state index in [2.05, 4.69) is 19.9 Å². The molecule has 2 aromatic heterocycles. The van der Waals surface area contributed by atoms with Crippen LogP contribution in [0.15, 0.2) is 35.7 Å². The molecule has 0 saturated heterocycles. The van der Waals surface area contributed by atoms with Crippen LogP contribution in [0.5, 0.6) is 5.75 Å². The van der Waals surface area contributed by atoms with E-state index in [0.29, 0.717) is 34.5 Å². The molecule has 1 aromatic carbocycles. The molecule has 3 aromatic rings. The molecule has 0 unspecified atom stereocenters. The Morgan fingerprint density at radius 3 is 2.95 bits per heavy atom. The Kier molecular flexibility index (Phi) is 3.87. The first-order valence-electron chi connectivity index (χ1n) is 6.20. The number of aromatic nitrogens is 4. The third kappa shape index (κ3) is 3.05. The third-order valence-corrected chi connectivity index (χ3v) is 3.55. The summed E-state index contributed by atoms with van der Waals surface area (Å²) < 4.78 is 18.7. The Bertz CT molecular complexity index is 763. The van der Waals surface area contributed by atoms with Gasteiger partial charge in [-0.3, -0.25) is 0 Å². The Balaban J connectivity index is 1.57. The average Bonchev–Trinajstić information content (AvgIpc) is 2.90. The molecular weight excluding hydrogens is 293 g/mol. The van der Waals surface area contributed by atoms with Crippen molar-refractivity contribution in [3.63, 3.8) is 0 Å². The number of H-pyrrole nitrogens is 1. The van der Waals surface area contributed by atoms with Gasteiger partial charge >= 0.3 is 0 Å². The van der Waals surface area contributed by atoms with Crippen LogP contribution in [0.2, 0.25) is 0 Å². The SMILES string of the molecule is Nc1ncnc2nc(SCCOc3ccccc3F)[nH]c12. The predicted molar refractivity (Wildman–Crippen MR) is 78.7 cm³/mol. The van der Waals surface area contributed by atoms with E-state index in [1.165, 1.54) is 24.2 Å². The van der Waals surface area contributed by atoms with E-state index in [1.807, 2.05) is 0 Å². The van der Waals surface area contributed by atoms with E-state index in [-0.39, 0.29) is 11.6 Å². The number of thioether (sulfide) groups is 1. The number of nitrogens with two attached hydrogens (primary N) is 1.